The Labute approximate surface area is 124 Å². The molecule has 1 heterocycles. The van der Waals surface area contributed by atoms with E-state index in [1.165, 1.54) is 16.4 Å². The summed E-state index contributed by atoms with van der Waals surface area (Å²) in [5, 5.41) is 8.94. The minimum absolute atomic E-state index is 0.127. The van der Waals surface area contributed by atoms with Gasteiger partial charge in [-0.25, -0.2) is 8.42 Å². The molecular formula is C16H14N2O2S. The summed E-state index contributed by atoms with van der Waals surface area (Å²) < 4.78 is 27.2. The van der Waals surface area contributed by atoms with E-state index in [-0.39, 0.29) is 10.9 Å². The Morgan fingerprint density at radius 3 is 2.71 bits per heavy atom. The third-order valence-electron chi connectivity index (χ3n) is 3.66. The van der Waals surface area contributed by atoms with Crippen molar-refractivity contribution in [2.24, 2.45) is 0 Å². The average Bonchev–Trinajstić information content (AvgIpc) is 2.83. The van der Waals surface area contributed by atoms with Gasteiger partial charge >= 0.3 is 0 Å². The molecule has 1 aliphatic rings. The second kappa shape index (κ2) is 4.90. The average molecular weight is 298 g/mol. The quantitative estimate of drug-likeness (QED) is 0.856. The van der Waals surface area contributed by atoms with E-state index in [0.29, 0.717) is 12.0 Å². The van der Waals surface area contributed by atoms with Gasteiger partial charge in [0.1, 0.15) is 0 Å². The number of hydrogen-bond acceptors (Lipinski definition) is 3. The van der Waals surface area contributed by atoms with Gasteiger partial charge in [-0.15, -0.1) is 0 Å². The molecule has 0 bridgehead atoms. The van der Waals surface area contributed by atoms with Crippen molar-refractivity contribution in [3.05, 3.63) is 59.7 Å². The maximum absolute atomic E-state index is 12.9. The summed E-state index contributed by atoms with van der Waals surface area (Å²) in [6.07, 6.45) is 0.702. The summed E-state index contributed by atoms with van der Waals surface area (Å²) in [7, 11) is -3.65. The number of fused-ring (bicyclic) bond motifs is 1. The van der Waals surface area contributed by atoms with Gasteiger partial charge in [-0.05, 0) is 43.2 Å². The Morgan fingerprint density at radius 2 is 1.95 bits per heavy atom. The summed E-state index contributed by atoms with van der Waals surface area (Å²) in [5.74, 6) is 0. The van der Waals surface area contributed by atoms with Crippen LogP contribution in [0.4, 0.5) is 5.69 Å². The zero-order valence-electron chi connectivity index (χ0n) is 11.5. The Morgan fingerprint density at radius 1 is 1.19 bits per heavy atom. The molecule has 0 aromatic heterocycles. The Kier molecular flexibility index (Phi) is 3.19. The van der Waals surface area contributed by atoms with Crippen LogP contribution in [0.5, 0.6) is 0 Å². The molecule has 0 amide bonds. The first-order chi connectivity index (χ1) is 10.0. The molecule has 5 heteroatoms. The number of anilines is 1. The van der Waals surface area contributed by atoms with Crippen LogP contribution in [-0.4, -0.2) is 14.5 Å². The van der Waals surface area contributed by atoms with Crippen LogP contribution in [0.3, 0.4) is 0 Å². The Balaban J connectivity index is 2.13. The van der Waals surface area contributed by atoms with Crippen molar-refractivity contribution < 1.29 is 8.42 Å². The predicted molar refractivity (Wildman–Crippen MR) is 80.4 cm³/mol. The molecular weight excluding hydrogens is 284 g/mol. The predicted octanol–water partition coefficient (Wildman–Crippen LogP) is 2.70. The van der Waals surface area contributed by atoms with Crippen LogP contribution in [0.25, 0.3) is 0 Å². The fraction of sp³-hybridized carbons (Fsp3) is 0.188. The van der Waals surface area contributed by atoms with Gasteiger partial charge in [0.15, 0.2) is 0 Å². The van der Waals surface area contributed by atoms with Gasteiger partial charge in [0.05, 0.1) is 22.2 Å². The van der Waals surface area contributed by atoms with E-state index in [4.69, 9.17) is 5.26 Å². The second-order valence-electron chi connectivity index (χ2n) is 5.12. The van der Waals surface area contributed by atoms with E-state index in [2.05, 4.69) is 0 Å². The third-order valence-corrected chi connectivity index (χ3v) is 5.59. The fourth-order valence-electron chi connectivity index (χ4n) is 2.74. The van der Waals surface area contributed by atoms with Gasteiger partial charge in [-0.2, -0.15) is 5.26 Å². The number of sulfonamides is 1. The van der Waals surface area contributed by atoms with Gasteiger partial charge in [0.25, 0.3) is 10.0 Å². The van der Waals surface area contributed by atoms with Crippen molar-refractivity contribution in [1.82, 2.24) is 0 Å². The summed E-state index contributed by atoms with van der Waals surface area (Å²) in [5.41, 5.74) is 2.11. The Hall–Kier alpha value is -2.32. The lowest BCUT2D eigenvalue weighted by Crippen LogP contribution is -2.35. The lowest BCUT2D eigenvalue weighted by molar-refractivity contribution is 0.584. The minimum atomic E-state index is -3.65. The largest absolute Gasteiger partial charge is 0.264 e. The normalized spacial score (nSPS) is 17.3. The molecule has 2 aromatic carbocycles. The van der Waals surface area contributed by atoms with Crippen LogP contribution in [0.2, 0.25) is 0 Å². The molecule has 1 aliphatic heterocycles. The molecule has 0 fully saturated rings. The highest BCUT2D eigenvalue weighted by molar-refractivity contribution is 7.92. The molecule has 0 spiro atoms. The summed E-state index contributed by atoms with van der Waals surface area (Å²) in [4.78, 5) is 0.158. The first kappa shape index (κ1) is 13.7. The van der Waals surface area contributed by atoms with Gasteiger partial charge < -0.3 is 0 Å². The molecule has 0 saturated carbocycles. The van der Waals surface area contributed by atoms with Crippen molar-refractivity contribution in [2.75, 3.05) is 4.31 Å². The molecule has 106 valence electrons. The number of rotatable bonds is 2. The molecule has 1 atom stereocenters. The lowest BCUT2D eigenvalue weighted by atomic mass is 10.1. The van der Waals surface area contributed by atoms with E-state index in [0.717, 1.165) is 11.3 Å². The third kappa shape index (κ3) is 2.18. The van der Waals surface area contributed by atoms with Gasteiger partial charge in [-0.1, -0.05) is 24.3 Å². The zero-order valence-corrected chi connectivity index (χ0v) is 12.3. The molecule has 2 aromatic rings. The lowest BCUT2D eigenvalue weighted by Gasteiger charge is -2.24. The van der Waals surface area contributed by atoms with Crippen molar-refractivity contribution in [1.29, 1.82) is 5.26 Å². The van der Waals surface area contributed by atoms with Crippen molar-refractivity contribution >= 4 is 15.7 Å². The van der Waals surface area contributed by atoms with Crippen molar-refractivity contribution in [3.8, 4) is 6.07 Å². The number of hydrogen-bond donors (Lipinski definition) is 0. The van der Waals surface area contributed by atoms with Crippen molar-refractivity contribution in [2.45, 2.75) is 24.3 Å². The van der Waals surface area contributed by atoms with E-state index < -0.39 is 10.0 Å². The van der Waals surface area contributed by atoms with Crippen LogP contribution in [-0.2, 0) is 16.4 Å². The van der Waals surface area contributed by atoms with Gasteiger partial charge in [0, 0.05) is 6.04 Å². The number of nitrogens with zero attached hydrogens (tertiary/aromatic N) is 2. The van der Waals surface area contributed by atoms with Crippen LogP contribution < -0.4 is 4.31 Å². The highest BCUT2D eigenvalue weighted by Crippen LogP contribution is 2.36. The number of nitriles is 1. The number of para-hydroxylation sites is 1. The van der Waals surface area contributed by atoms with Gasteiger partial charge in [0.2, 0.25) is 0 Å². The first-order valence-electron chi connectivity index (χ1n) is 6.66. The maximum Gasteiger partial charge on any atom is 0.264 e. The van der Waals surface area contributed by atoms with Crippen LogP contribution in [0.15, 0.2) is 53.4 Å². The smallest absolute Gasteiger partial charge is 0.263 e. The topological polar surface area (TPSA) is 61.2 Å². The van der Waals surface area contributed by atoms with E-state index >= 15 is 0 Å². The summed E-state index contributed by atoms with van der Waals surface area (Å²) in [6.45, 7) is 1.89. The molecule has 0 unspecified atom stereocenters. The van der Waals surface area contributed by atoms with E-state index in [1.807, 2.05) is 37.3 Å². The summed E-state index contributed by atoms with van der Waals surface area (Å²) >= 11 is 0. The molecule has 4 nitrogen and oxygen atoms in total. The highest BCUT2D eigenvalue weighted by atomic mass is 32.2. The van der Waals surface area contributed by atoms with Crippen LogP contribution in [0.1, 0.15) is 18.1 Å². The summed E-state index contributed by atoms with van der Waals surface area (Å²) in [6, 6.07) is 15.5. The molecule has 0 aliphatic carbocycles. The minimum Gasteiger partial charge on any atom is -0.263 e. The van der Waals surface area contributed by atoms with Crippen LogP contribution >= 0.6 is 0 Å². The molecule has 0 radical (unpaired) electrons. The Bertz CT molecular complexity index is 837. The fourth-order valence-corrected chi connectivity index (χ4v) is 4.48. The molecule has 3 rings (SSSR count). The SMILES string of the molecule is C[C@@H]1Cc2ccccc2N1S(=O)(=O)c1cccc(C#N)c1. The maximum atomic E-state index is 12.9. The standard InChI is InChI=1S/C16H14N2O2S/c1-12-9-14-6-2-3-8-16(14)18(12)21(19,20)15-7-4-5-13(10-15)11-17/h2-8,10,12H,9H2,1H3/t12-/m1/s1. The molecule has 0 N–H and O–H groups in total. The molecule has 0 saturated heterocycles. The van der Waals surface area contributed by atoms with E-state index in [1.54, 1.807) is 12.1 Å². The van der Waals surface area contributed by atoms with Crippen molar-refractivity contribution in [3.63, 3.8) is 0 Å². The second-order valence-corrected chi connectivity index (χ2v) is 6.94. The zero-order chi connectivity index (χ0) is 15.0. The first-order valence-corrected chi connectivity index (χ1v) is 8.10. The van der Waals surface area contributed by atoms with Gasteiger partial charge in [-0.3, -0.25) is 4.31 Å². The highest BCUT2D eigenvalue weighted by Gasteiger charge is 2.35. The number of benzene rings is 2. The van der Waals surface area contributed by atoms with Crippen LogP contribution in [0, 0.1) is 11.3 Å². The monoisotopic (exact) mass is 298 g/mol. The molecule has 21 heavy (non-hydrogen) atoms. The van der Waals surface area contributed by atoms with E-state index in [9.17, 15) is 8.42 Å².